The minimum atomic E-state index is -3.31. The molecule has 0 saturated carbocycles. The first kappa shape index (κ1) is 15.2. The van der Waals surface area contributed by atoms with Crippen molar-refractivity contribution in [1.82, 2.24) is 9.78 Å². The predicted molar refractivity (Wildman–Crippen MR) is 90.9 cm³/mol. The summed E-state index contributed by atoms with van der Waals surface area (Å²) in [5, 5.41) is 5.70. The number of rotatable bonds is 3. The third kappa shape index (κ3) is 3.09. The summed E-state index contributed by atoms with van der Waals surface area (Å²) in [6, 6.07) is 14.2. The highest BCUT2D eigenvalue weighted by molar-refractivity contribution is 7.92. The van der Waals surface area contributed by atoms with E-state index in [4.69, 9.17) is 0 Å². The van der Waals surface area contributed by atoms with Crippen molar-refractivity contribution in [2.75, 3.05) is 11.0 Å². The van der Waals surface area contributed by atoms with Crippen molar-refractivity contribution in [3.05, 3.63) is 58.9 Å². The Hall–Kier alpha value is -2.67. The van der Waals surface area contributed by atoms with Crippen LogP contribution in [0.2, 0.25) is 0 Å². The van der Waals surface area contributed by atoms with Crippen molar-refractivity contribution in [2.45, 2.75) is 0 Å². The zero-order valence-corrected chi connectivity index (χ0v) is 13.5. The van der Waals surface area contributed by atoms with Crippen molar-refractivity contribution >= 4 is 26.5 Å². The molecular formula is C16H15N3O3S. The largest absolute Gasteiger partial charge is 0.284 e. The molecule has 2 aromatic carbocycles. The molecule has 1 heterocycles. The average molecular weight is 329 g/mol. The van der Waals surface area contributed by atoms with E-state index in [0.717, 1.165) is 17.2 Å². The maximum atomic E-state index is 12.1. The summed E-state index contributed by atoms with van der Waals surface area (Å²) in [5.41, 5.74) is 1.80. The Bertz CT molecular complexity index is 1040. The zero-order chi connectivity index (χ0) is 16.6. The van der Waals surface area contributed by atoms with Crippen LogP contribution in [0.25, 0.3) is 22.0 Å². The van der Waals surface area contributed by atoms with Crippen LogP contribution in [0.5, 0.6) is 0 Å². The molecule has 118 valence electrons. The molecule has 0 spiro atoms. The summed E-state index contributed by atoms with van der Waals surface area (Å²) in [6.07, 6.45) is 1.10. The molecule has 0 radical (unpaired) electrons. The van der Waals surface area contributed by atoms with Gasteiger partial charge < -0.3 is 0 Å². The summed E-state index contributed by atoms with van der Waals surface area (Å²) in [7, 11) is -1.70. The standard InChI is InChI=1S/C16H15N3O3S/c1-19-16(20)14-6-4-3-5-13(14)15(17-19)11-7-9-12(10-8-11)18-23(2,21)22/h3-10,18H,1-2H3. The molecule has 0 aliphatic carbocycles. The number of fused-ring (bicyclic) bond motifs is 1. The van der Waals surface area contributed by atoms with E-state index >= 15 is 0 Å². The number of nitrogens with one attached hydrogen (secondary N) is 1. The van der Waals surface area contributed by atoms with Gasteiger partial charge in [0.1, 0.15) is 0 Å². The van der Waals surface area contributed by atoms with Gasteiger partial charge in [-0.25, -0.2) is 13.1 Å². The highest BCUT2D eigenvalue weighted by atomic mass is 32.2. The van der Waals surface area contributed by atoms with Crippen LogP contribution >= 0.6 is 0 Å². The number of benzene rings is 2. The molecule has 3 aromatic rings. The average Bonchev–Trinajstić information content (AvgIpc) is 2.50. The maximum Gasteiger partial charge on any atom is 0.274 e. The fourth-order valence-electron chi connectivity index (χ4n) is 2.42. The lowest BCUT2D eigenvalue weighted by Gasteiger charge is -2.09. The highest BCUT2D eigenvalue weighted by Gasteiger charge is 2.10. The lowest BCUT2D eigenvalue weighted by molar-refractivity contribution is 0.607. The minimum Gasteiger partial charge on any atom is -0.284 e. The van der Waals surface area contributed by atoms with Crippen LogP contribution in [-0.4, -0.2) is 24.5 Å². The number of hydrogen-bond donors (Lipinski definition) is 1. The third-order valence-electron chi connectivity index (χ3n) is 3.42. The fraction of sp³-hybridized carbons (Fsp3) is 0.125. The molecule has 23 heavy (non-hydrogen) atoms. The topological polar surface area (TPSA) is 81.1 Å². The van der Waals surface area contributed by atoms with Gasteiger partial charge in [0.2, 0.25) is 10.0 Å². The summed E-state index contributed by atoms with van der Waals surface area (Å²) >= 11 is 0. The van der Waals surface area contributed by atoms with Gasteiger partial charge in [0.15, 0.2) is 0 Å². The van der Waals surface area contributed by atoms with Gasteiger partial charge in [-0.2, -0.15) is 5.10 Å². The normalized spacial score (nSPS) is 11.6. The van der Waals surface area contributed by atoms with Gasteiger partial charge in [0, 0.05) is 23.7 Å². The predicted octanol–water partition coefficient (Wildman–Crippen LogP) is 1.97. The first-order valence-corrected chi connectivity index (χ1v) is 8.78. The Labute approximate surface area is 133 Å². The highest BCUT2D eigenvalue weighted by Crippen LogP contribution is 2.25. The summed E-state index contributed by atoms with van der Waals surface area (Å²) in [4.78, 5) is 12.1. The van der Waals surface area contributed by atoms with Crippen molar-refractivity contribution in [2.24, 2.45) is 7.05 Å². The van der Waals surface area contributed by atoms with Crippen LogP contribution in [0.15, 0.2) is 53.3 Å². The molecule has 0 atom stereocenters. The zero-order valence-electron chi connectivity index (χ0n) is 12.6. The quantitative estimate of drug-likeness (QED) is 0.796. The molecule has 0 aliphatic rings. The molecule has 1 aromatic heterocycles. The number of anilines is 1. The first-order chi connectivity index (χ1) is 10.8. The monoisotopic (exact) mass is 329 g/mol. The molecule has 6 nitrogen and oxygen atoms in total. The van der Waals surface area contributed by atoms with Crippen LogP contribution in [0.3, 0.4) is 0 Å². The molecule has 0 bridgehead atoms. The van der Waals surface area contributed by atoms with Crippen LogP contribution in [0.1, 0.15) is 0 Å². The SMILES string of the molecule is Cn1nc(-c2ccc(NS(C)(=O)=O)cc2)c2ccccc2c1=O. The second-order valence-corrected chi connectivity index (χ2v) is 7.02. The molecule has 0 aliphatic heterocycles. The van der Waals surface area contributed by atoms with Gasteiger partial charge in [-0.15, -0.1) is 0 Å². The number of sulfonamides is 1. The van der Waals surface area contributed by atoms with E-state index in [9.17, 15) is 13.2 Å². The van der Waals surface area contributed by atoms with Gasteiger partial charge in [-0.05, 0) is 18.2 Å². The maximum absolute atomic E-state index is 12.1. The van der Waals surface area contributed by atoms with E-state index in [1.807, 2.05) is 18.2 Å². The molecule has 1 N–H and O–H groups in total. The van der Waals surface area contributed by atoms with E-state index in [1.54, 1.807) is 37.4 Å². The van der Waals surface area contributed by atoms with Crippen LogP contribution in [-0.2, 0) is 17.1 Å². The molecule has 0 amide bonds. The van der Waals surface area contributed by atoms with Crippen LogP contribution in [0.4, 0.5) is 5.69 Å². The van der Waals surface area contributed by atoms with E-state index in [0.29, 0.717) is 16.8 Å². The molecule has 0 fully saturated rings. The first-order valence-electron chi connectivity index (χ1n) is 6.89. The Kier molecular flexibility index (Phi) is 3.65. The van der Waals surface area contributed by atoms with E-state index in [1.165, 1.54) is 4.68 Å². The molecule has 0 saturated heterocycles. The van der Waals surface area contributed by atoms with Gasteiger partial charge >= 0.3 is 0 Å². The fourth-order valence-corrected chi connectivity index (χ4v) is 2.99. The Morgan fingerprint density at radius 3 is 2.22 bits per heavy atom. The number of aryl methyl sites for hydroxylation is 1. The summed E-state index contributed by atoms with van der Waals surface area (Å²) < 4.78 is 26.2. The van der Waals surface area contributed by atoms with Gasteiger partial charge in [-0.3, -0.25) is 9.52 Å². The smallest absolute Gasteiger partial charge is 0.274 e. The molecule has 3 rings (SSSR count). The van der Waals surface area contributed by atoms with Gasteiger partial charge in [-0.1, -0.05) is 30.3 Å². The Balaban J connectivity index is 2.14. The Morgan fingerprint density at radius 2 is 1.61 bits per heavy atom. The Morgan fingerprint density at radius 1 is 1.00 bits per heavy atom. The third-order valence-corrected chi connectivity index (χ3v) is 4.02. The number of hydrogen-bond acceptors (Lipinski definition) is 4. The van der Waals surface area contributed by atoms with Crippen LogP contribution in [0, 0.1) is 0 Å². The summed E-state index contributed by atoms with van der Waals surface area (Å²) in [5.74, 6) is 0. The number of aromatic nitrogens is 2. The van der Waals surface area contributed by atoms with Crippen molar-refractivity contribution < 1.29 is 8.42 Å². The van der Waals surface area contributed by atoms with E-state index in [-0.39, 0.29) is 5.56 Å². The van der Waals surface area contributed by atoms with Crippen molar-refractivity contribution in [3.63, 3.8) is 0 Å². The molecule has 7 heteroatoms. The molecule has 0 unspecified atom stereocenters. The second kappa shape index (κ2) is 5.51. The summed E-state index contributed by atoms with van der Waals surface area (Å²) in [6.45, 7) is 0. The lowest BCUT2D eigenvalue weighted by Crippen LogP contribution is -2.20. The number of nitrogens with zero attached hydrogens (tertiary/aromatic N) is 2. The lowest BCUT2D eigenvalue weighted by atomic mass is 10.0. The minimum absolute atomic E-state index is 0.153. The van der Waals surface area contributed by atoms with E-state index in [2.05, 4.69) is 9.82 Å². The second-order valence-electron chi connectivity index (χ2n) is 5.27. The van der Waals surface area contributed by atoms with Gasteiger partial charge in [0.05, 0.1) is 17.3 Å². The van der Waals surface area contributed by atoms with Crippen molar-refractivity contribution in [3.8, 4) is 11.3 Å². The van der Waals surface area contributed by atoms with Crippen LogP contribution < -0.4 is 10.3 Å². The molecular weight excluding hydrogens is 314 g/mol. The van der Waals surface area contributed by atoms with Gasteiger partial charge in [0.25, 0.3) is 5.56 Å². The van der Waals surface area contributed by atoms with Crippen molar-refractivity contribution in [1.29, 1.82) is 0 Å². The van der Waals surface area contributed by atoms with E-state index < -0.39 is 10.0 Å².